The van der Waals surface area contributed by atoms with E-state index < -0.39 is 0 Å². The molecule has 1 rings (SSSR count). The highest BCUT2D eigenvalue weighted by atomic mass is 35.5. The second kappa shape index (κ2) is 4.76. The second-order valence-electron chi connectivity index (χ2n) is 2.64. The van der Waals surface area contributed by atoms with Crippen molar-refractivity contribution in [2.24, 2.45) is 0 Å². The van der Waals surface area contributed by atoms with Crippen LogP contribution in [0.3, 0.4) is 0 Å². The standard InChI is InChI=1S/C8H10ClN3O2/c1-10-6(13)2-4-12-5-3-11-7(9)8(12)14/h3,5H,2,4H2,1H3,(H,10,13). The summed E-state index contributed by atoms with van der Waals surface area (Å²) in [4.78, 5) is 25.8. The van der Waals surface area contributed by atoms with Gasteiger partial charge < -0.3 is 9.88 Å². The van der Waals surface area contributed by atoms with Gasteiger partial charge in [0.15, 0.2) is 5.15 Å². The van der Waals surface area contributed by atoms with Gasteiger partial charge in [-0.05, 0) is 0 Å². The largest absolute Gasteiger partial charge is 0.359 e. The number of hydrogen-bond acceptors (Lipinski definition) is 3. The molecule has 0 saturated heterocycles. The van der Waals surface area contributed by atoms with Crippen molar-refractivity contribution in [3.63, 3.8) is 0 Å². The molecule has 0 aliphatic rings. The summed E-state index contributed by atoms with van der Waals surface area (Å²) in [6, 6.07) is 0. The predicted octanol–water partition coefficient (Wildman–Crippen LogP) is 0.0328. The van der Waals surface area contributed by atoms with E-state index in [1.807, 2.05) is 0 Å². The highest BCUT2D eigenvalue weighted by Gasteiger charge is 2.03. The first-order chi connectivity index (χ1) is 6.65. The number of nitrogens with one attached hydrogen (secondary N) is 1. The maximum Gasteiger partial charge on any atom is 0.288 e. The van der Waals surface area contributed by atoms with Crippen molar-refractivity contribution in [3.05, 3.63) is 27.9 Å². The van der Waals surface area contributed by atoms with Gasteiger partial charge in [0.25, 0.3) is 5.56 Å². The molecule has 1 amide bonds. The minimum Gasteiger partial charge on any atom is -0.359 e. The Balaban J connectivity index is 2.73. The first-order valence-corrected chi connectivity index (χ1v) is 4.44. The van der Waals surface area contributed by atoms with Crippen LogP contribution in [-0.4, -0.2) is 22.5 Å². The molecular formula is C8H10ClN3O2. The Morgan fingerprint density at radius 2 is 2.43 bits per heavy atom. The topological polar surface area (TPSA) is 64.0 Å². The lowest BCUT2D eigenvalue weighted by Crippen LogP contribution is -2.25. The summed E-state index contributed by atoms with van der Waals surface area (Å²) >= 11 is 5.52. The zero-order valence-electron chi connectivity index (χ0n) is 7.66. The maximum atomic E-state index is 11.3. The number of carbonyl (C=O) groups excluding carboxylic acids is 1. The van der Waals surface area contributed by atoms with Crippen LogP contribution in [0.5, 0.6) is 0 Å². The fraction of sp³-hybridized carbons (Fsp3) is 0.375. The maximum absolute atomic E-state index is 11.3. The highest BCUT2D eigenvalue weighted by molar-refractivity contribution is 6.29. The van der Waals surface area contributed by atoms with Gasteiger partial charge in [-0.3, -0.25) is 9.59 Å². The van der Waals surface area contributed by atoms with Crippen molar-refractivity contribution in [3.8, 4) is 0 Å². The highest BCUT2D eigenvalue weighted by Crippen LogP contribution is 1.94. The quantitative estimate of drug-likeness (QED) is 0.774. The fourth-order valence-electron chi connectivity index (χ4n) is 0.944. The van der Waals surface area contributed by atoms with Gasteiger partial charge >= 0.3 is 0 Å². The normalized spacial score (nSPS) is 9.86. The van der Waals surface area contributed by atoms with E-state index in [-0.39, 0.29) is 23.0 Å². The third-order valence-corrected chi connectivity index (χ3v) is 1.99. The van der Waals surface area contributed by atoms with Gasteiger partial charge in [0, 0.05) is 32.4 Å². The second-order valence-corrected chi connectivity index (χ2v) is 3.00. The molecule has 5 nitrogen and oxygen atoms in total. The van der Waals surface area contributed by atoms with Crippen molar-refractivity contribution < 1.29 is 4.79 Å². The van der Waals surface area contributed by atoms with Crippen LogP contribution in [0.25, 0.3) is 0 Å². The number of aryl methyl sites for hydroxylation is 1. The molecule has 1 N–H and O–H groups in total. The molecule has 6 heteroatoms. The lowest BCUT2D eigenvalue weighted by atomic mass is 10.4. The predicted molar refractivity (Wildman–Crippen MR) is 52.2 cm³/mol. The molecule has 14 heavy (non-hydrogen) atoms. The number of aromatic nitrogens is 2. The first-order valence-electron chi connectivity index (χ1n) is 4.06. The van der Waals surface area contributed by atoms with Gasteiger partial charge in [0.2, 0.25) is 5.91 Å². The van der Waals surface area contributed by atoms with Crippen LogP contribution in [0.4, 0.5) is 0 Å². The summed E-state index contributed by atoms with van der Waals surface area (Å²) in [5, 5.41) is 2.39. The van der Waals surface area contributed by atoms with E-state index in [4.69, 9.17) is 11.6 Å². The molecular weight excluding hydrogens is 206 g/mol. The number of carbonyl (C=O) groups is 1. The van der Waals surface area contributed by atoms with Crippen LogP contribution in [-0.2, 0) is 11.3 Å². The summed E-state index contributed by atoms with van der Waals surface area (Å²) in [6.45, 7) is 0.306. The zero-order chi connectivity index (χ0) is 10.6. The summed E-state index contributed by atoms with van der Waals surface area (Å²) in [5.74, 6) is -0.121. The van der Waals surface area contributed by atoms with Gasteiger partial charge in [0.1, 0.15) is 0 Å². The molecule has 76 valence electrons. The average molecular weight is 216 g/mol. The molecule has 0 aromatic carbocycles. The molecule has 1 aromatic heterocycles. The average Bonchev–Trinajstić information content (AvgIpc) is 2.20. The molecule has 0 saturated carbocycles. The number of nitrogens with zero attached hydrogens (tertiary/aromatic N) is 2. The molecule has 0 spiro atoms. The molecule has 0 bridgehead atoms. The van der Waals surface area contributed by atoms with E-state index in [9.17, 15) is 9.59 Å². The lowest BCUT2D eigenvalue weighted by Gasteiger charge is -2.03. The first kappa shape index (κ1) is 10.7. The minimum absolute atomic E-state index is 0.0793. The Hall–Kier alpha value is -1.36. The smallest absolute Gasteiger partial charge is 0.288 e. The van der Waals surface area contributed by atoms with E-state index in [1.165, 1.54) is 17.0 Å². The Morgan fingerprint density at radius 3 is 3.07 bits per heavy atom. The molecule has 1 heterocycles. The fourth-order valence-corrected chi connectivity index (χ4v) is 1.11. The van der Waals surface area contributed by atoms with Gasteiger partial charge in [0.05, 0.1) is 0 Å². The van der Waals surface area contributed by atoms with Crippen LogP contribution >= 0.6 is 11.6 Å². The van der Waals surface area contributed by atoms with Crippen molar-refractivity contribution in [2.45, 2.75) is 13.0 Å². The summed E-state index contributed by atoms with van der Waals surface area (Å²) in [6.07, 6.45) is 3.17. The van der Waals surface area contributed by atoms with E-state index in [0.717, 1.165) is 0 Å². The van der Waals surface area contributed by atoms with Gasteiger partial charge in [-0.1, -0.05) is 11.6 Å². The number of hydrogen-bond donors (Lipinski definition) is 1. The SMILES string of the molecule is CNC(=O)CCn1ccnc(Cl)c1=O. The van der Waals surface area contributed by atoms with Gasteiger partial charge in [-0.25, -0.2) is 4.98 Å². The monoisotopic (exact) mass is 215 g/mol. The summed E-state index contributed by atoms with van der Waals surface area (Å²) in [7, 11) is 1.55. The zero-order valence-corrected chi connectivity index (χ0v) is 8.41. The molecule has 0 unspecified atom stereocenters. The molecule has 0 fully saturated rings. The Kier molecular flexibility index (Phi) is 3.64. The van der Waals surface area contributed by atoms with Crippen LogP contribution in [0.15, 0.2) is 17.2 Å². The Morgan fingerprint density at radius 1 is 1.71 bits per heavy atom. The Bertz CT molecular complexity index is 388. The van der Waals surface area contributed by atoms with E-state index in [1.54, 1.807) is 7.05 Å². The van der Waals surface area contributed by atoms with Gasteiger partial charge in [-0.15, -0.1) is 0 Å². The van der Waals surface area contributed by atoms with Crippen molar-refractivity contribution in [1.82, 2.24) is 14.9 Å². The molecule has 0 atom stereocenters. The van der Waals surface area contributed by atoms with Crippen molar-refractivity contribution in [1.29, 1.82) is 0 Å². The molecule has 1 aromatic rings. The van der Waals surface area contributed by atoms with E-state index in [2.05, 4.69) is 10.3 Å². The van der Waals surface area contributed by atoms with Crippen LogP contribution in [0.2, 0.25) is 5.15 Å². The number of halogens is 1. The number of rotatable bonds is 3. The van der Waals surface area contributed by atoms with E-state index in [0.29, 0.717) is 6.54 Å². The summed E-state index contributed by atoms with van der Waals surface area (Å²) < 4.78 is 1.35. The van der Waals surface area contributed by atoms with Gasteiger partial charge in [-0.2, -0.15) is 0 Å². The van der Waals surface area contributed by atoms with Crippen LogP contribution in [0, 0.1) is 0 Å². The number of amides is 1. The minimum atomic E-state index is -0.377. The van der Waals surface area contributed by atoms with Crippen LogP contribution in [0.1, 0.15) is 6.42 Å². The van der Waals surface area contributed by atoms with Crippen LogP contribution < -0.4 is 10.9 Å². The molecule has 0 aliphatic carbocycles. The summed E-state index contributed by atoms with van der Waals surface area (Å²) in [5.41, 5.74) is -0.377. The Labute approximate surface area is 85.7 Å². The van der Waals surface area contributed by atoms with Crippen molar-refractivity contribution in [2.75, 3.05) is 7.05 Å². The third-order valence-electron chi connectivity index (χ3n) is 1.73. The van der Waals surface area contributed by atoms with Crippen molar-refractivity contribution >= 4 is 17.5 Å². The van der Waals surface area contributed by atoms with E-state index >= 15 is 0 Å². The molecule has 0 radical (unpaired) electrons. The lowest BCUT2D eigenvalue weighted by molar-refractivity contribution is -0.120. The third kappa shape index (κ3) is 2.56. The molecule has 0 aliphatic heterocycles.